The first-order chi connectivity index (χ1) is 8.24. The fourth-order valence-corrected chi connectivity index (χ4v) is 1.48. The summed E-state index contributed by atoms with van der Waals surface area (Å²) < 4.78 is 4.79. The SMILES string of the molecule is COCCNC(=O)CNC(=O)C1CNCCN1. The number of carbonyl (C=O) groups excluding carboxylic acids is 2. The van der Waals surface area contributed by atoms with Gasteiger partial charge in [-0.05, 0) is 0 Å². The quantitative estimate of drug-likeness (QED) is 0.385. The third-order valence-electron chi connectivity index (χ3n) is 2.41. The van der Waals surface area contributed by atoms with E-state index in [9.17, 15) is 9.59 Å². The molecule has 98 valence electrons. The van der Waals surface area contributed by atoms with Crippen LogP contribution in [0.4, 0.5) is 0 Å². The molecule has 1 unspecified atom stereocenters. The number of amides is 2. The summed E-state index contributed by atoms with van der Waals surface area (Å²) in [4.78, 5) is 22.9. The van der Waals surface area contributed by atoms with E-state index < -0.39 is 0 Å². The lowest BCUT2D eigenvalue weighted by molar-refractivity contribution is -0.127. The highest BCUT2D eigenvalue weighted by molar-refractivity contribution is 5.87. The lowest BCUT2D eigenvalue weighted by atomic mass is 10.2. The molecule has 1 atom stereocenters. The van der Waals surface area contributed by atoms with Crippen LogP contribution >= 0.6 is 0 Å². The van der Waals surface area contributed by atoms with Gasteiger partial charge in [-0.2, -0.15) is 0 Å². The number of hydrogen-bond donors (Lipinski definition) is 4. The summed E-state index contributed by atoms with van der Waals surface area (Å²) in [7, 11) is 1.57. The van der Waals surface area contributed by atoms with Gasteiger partial charge < -0.3 is 26.0 Å². The van der Waals surface area contributed by atoms with Crippen LogP contribution in [-0.2, 0) is 14.3 Å². The minimum Gasteiger partial charge on any atom is -0.383 e. The molecule has 1 fully saturated rings. The van der Waals surface area contributed by atoms with Gasteiger partial charge in [-0.3, -0.25) is 9.59 Å². The van der Waals surface area contributed by atoms with E-state index in [4.69, 9.17) is 4.74 Å². The van der Waals surface area contributed by atoms with Crippen LogP contribution in [0.15, 0.2) is 0 Å². The molecule has 2 amide bonds. The van der Waals surface area contributed by atoms with Gasteiger partial charge in [-0.15, -0.1) is 0 Å². The molecule has 1 saturated heterocycles. The molecule has 0 radical (unpaired) electrons. The zero-order valence-electron chi connectivity index (χ0n) is 10.0. The Hall–Kier alpha value is -1.18. The van der Waals surface area contributed by atoms with Gasteiger partial charge in [0.25, 0.3) is 0 Å². The largest absolute Gasteiger partial charge is 0.383 e. The zero-order valence-corrected chi connectivity index (χ0v) is 10.0. The van der Waals surface area contributed by atoms with Gasteiger partial charge in [-0.1, -0.05) is 0 Å². The second-order valence-corrected chi connectivity index (χ2v) is 3.77. The van der Waals surface area contributed by atoms with E-state index in [-0.39, 0.29) is 24.4 Å². The molecule has 0 spiro atoms. The van der Waals surface area contributed by atoms with Crippen molar-refractivity contribution in [2.75, 3.05) is 46.4 Å². The minimum absolute atomic E-state index is 0.000722. The second-order valence-electron chi connectivity index (χ2n) is 3.77. The van der Waals surface area contributed by atoms with E-state index >= 15 is 0 Å². The summed E-state index contributed by atoms with van der Waals surface area (Å²) >= 11 is 0. The molecule has 17 heavy (non-hydrogen) atoms. The summed E-state index contributed by atoms with van der Waals surface area (Å²) in [6.07, 6.45) is 0. The first-order valence-electron chi connectivity index (χ1n) is 5.71. The molecule has 0 bridgehead atoms. The Labute approximate surface area is 101 Å². The lowest BCUT2D eigenvalue weighted by Crippen LogP contribution is -2.56. The van der Waals surface area contributed by atoms with Crippen LogP contribution in [0.25, 0.3) is 0 Å². The molecule has 1 aliphatic rings. The van der Waals surface area contributed by atoms with Crippen molar-refractivity contribution >= 4 is 11.8 Å². The topological polar surface area (TPSA) is 91.5 Å². The zero-order chi connectivity index (χ0) is 12.5. The van der Waals surface area contributed by atoms with Crippen LogP contribution in [0.1, 0.15) is 0 Å². The van der Waals surface area contributed by atoms with E-state index in [2.05, 4.69) is 21.3 Å². The monoisotopic (exact) mass is 244 g/mol. The standard InChI is InChI=1S/C10H20N4O3/c1-17-5-4-13-9(15)7-14-10(16)8-6-11-2-3-12-8/h8,11-12H,2-7H2,1H3,(H,13,15)(H,14,16). The fraction of sp³-hybridized carbons (Fsp3) is 0.800. The molecule has 0 aromatic carbocycles. The summed E-state index contributed by atoms with van der Waals surface area (Å²) in [6, 6.07) is -0.254. The number of hydrogen-bond acceptors (Lipinski definition) is 5. The van der Waals surface area contributed by atoms with Crippen molar-refractivity contribution in [1.29, 1.82) is 0 Å². The van der Waals surface area contributed by atoms with Crippen LogP contribution in [0.2, 0.25) is 0 Å². The molecular formula is C10H20N4O3. The predicted octanol–water partition coefficient (Wildman–Crippen LogP) is -2.57. The second kappa shape index (κ2) is 7.99. The molecule has 1 aliphatic heterocycles. The van der Waals surface area contributed by atoms with Gasteiger partial charge in [0.15, 0.2) is 0 Å². The van der Waals surface area contributed by atoms with E-state index in [1.54, 1.807) is 7.11 Å². The lowest BCUT2D eigenvalue weighted by Gasteiger charge is -2.23. The molecule has 0 aromatic rings. The van der Waals surface area contributed by atoms with Gasteiger partial charge in [0.2, 0.25) is 11.8 Å². The number of ether oxygens (including phenoxy) is 1. The van der Waals surface area contributed by atoms with Crippen molar-refractivity contribution in [3.8, 4) is 0 Å². The Kier molecular flexibility index (Phi) is 6.53. The first kappa shape index (κ1) is 13.9. The highest BCUT2D eigenvalue weighted by Crippen LogP contribution is 1.86. The van der Waals surface area contributed by atoms with Crippen LogP contribution < -0.4 is 21.3 Å². The predicted molar refractivity (Wildman–Crippen MR) is 62.6 cm³/mol. The number of nitrogens with one attached hydrogen (secondary N) is 4. The Morgan fingerprint density at radius 3 is 2.82 bits per heavy atom. The van der Waals surface area contributed by atoms with Gasteiger partial charge in [0, 0.05) is 33.3 Å². The Morgan fingerprint density at radius 1 is 1.35 bits per heavy atom. The van der Waals surface area contributed by atoms with Crippen LogP contribution in [0, 0.1) is 0 Å². The van der Waals surface area contributed by atoms with Crippen LogP contribution in [0.3, 0.4) is 0 Å². The number of carbonyl (C=O) groups is 2. The van der Waals surface area contributed by atoms with E-state index in [1.165, 1.54) is 0 Å². The van der Waals surface area contributed by atoms with Crippen molar-refractivity contribution in [3.05, 3.63) is 0 Å². The fourth-order valence-electron chi connectivity index (χ4n) is 1.48. The van der Waals surface area contributed by atoms with Crippen molar-refractivity contribution < 1.29 is 14.3 Å². The van der Waals surface area contributed by atoms with Crippen molar-refractivity contribution in [1.82, 2.24) is 21.3 Å². The average molecular weight is 244 g/mol. The first-order valence-corrected chi connectivity index (χ1v) is 5.71. The Morgan fingerprint density at radius 2 is 2.18 bits per heavy atom. The molecular weight excluding hydrogens is 224 g/mol. The minimum atomic E-state index is -0.254. The van der Waals surface area contributed by atoms with E-state index in [0.717, 1.165) is 13.1 Å². The third-order valence-corrected chi connectivity index (χ3v) is 2.41. The van der Waals surface area contributed by atoms with Crippen molar-refractivity contribution in [2.24, 2.45) is 0 Å². The Bertz CT molecular complexity index is 254. The molecule has 7 nitrogen and oxygen atoms in total. The van der Waals surface area contributed by atoms with E-state index in [0.29, 0.717) is 19.7 Å². The summed E-state index contributed by atoms with van der Waals surface area (Å²) in [5, 5.41) is 11.4. The van der Waals surface area contributed by atoms with Gasteiger partial charge >= 0.3 is 0 Å². The van der Waals surface area contributed by atoms with E-state index in [1.807, 2.05) is 0 Å². The number of piperazine rings is 1. The Balaban J connectivity index is 2.11. The van der Waals surface area contributed by atoms with Crippen LogP contribution in [-0.4, -0.2) is 64.3 Å². The van der Waals surface area contributed by atoms with Gasteiger partial charge in [-0.25, -0.2) is 0 Å². The molecule has 1 heterocycles. The van der Waals surface area contributed by atoms with Gasteiger partial charge in [0.05, 0.1) is 19.2 Å². The maximum absolute atomic E-state index is 11.6. The molecule has 4 N–H and O–H groups in total. The molecule has 7 heteroatoms. The number of methoxy groups -OCH3 is 1. The summed E-state index contributed by atoms with van der Waals surface area (Å²) in [5.41, 5.74) is 0. The van der Waals surface area contributed by atoms with Crippen molar-refractivity contribution in [2.45, 2.75) is 6.04 Å². The normalized spacial score (nSPS) is 19.7. The molecule has 1 rings (SSSR count). The summed E-state index contributed by atoms with van der Waals surface area (Å²) in [5.74, 6) is -0.363. The molecule has 0 saturated carbocycles. The maximum Gasteiger partial charge on any atom is 0.239 e. The smallest absolute Gasteiger partial charge is 0.239 e. The van der Waals surface area contributed by atoms with Gasteiger partial charge in [0.1, 0.15) is 0 Å². The third kappa shape index (κ3) is 5.62. The summed E-state index contributed by atoms with van der Waals surface area (Å²) in [6.45, 7) is 3.14. The van der Waals surface area contributed by atoms with Crippen LogP contribution in [0.5, 0.6) is 0 Å². The average Bonchev–Trinajstić information content (AvgIpc) is 2.37. The number of rotatable bonds is 6. The molecule has 0 aromatic heterocycles. The van der Waals surface area contributed by atoms with Crippen molar-refractivity contribution in [3.63, 3.8) is 0 Å². The maximum atomic E-state index is 11.6. The highest BCUT2D eigenvalue weighted by atomic mass is 16.5. The molecule has 0 aliphatic carbocycles. The highest BCUT2D eigenvalue weighted by Gasteiger charge is 2.20.